The molecule has 25 heavy (non-hydrogen) atoms. The molecule has 0 spiro atoms. The maximum atomic E-state index is 12.7. The second kappa shape index (κ2) is 5.58. The average Bonchev–Trinajstić information content (AvgIpc) is 3.23. The van der Waals surface area contributed by atoms with E-state index >= 15 is 0 Å². The van der Waals surface area contributed by atoms with Gasteiger partial charge in [0, 0.05) is 30.1 Å². The van der Waals surface area contributed by atoms with Gasteiger partial charge in [-0.25, -0.2) is 4.98 Å². The number of rotatable bonds is 3. The van der Waals surface area contributed by atoms with Crippen molar-refractivity contribution in [1.82, 2.24) is 20.1 Å². The van der Waals surface area contributed by atoms with Gasteiger partial charge in [-0.1, -0.05) is 18.2 Å². The third kappa shape index (κ3) is 2.63. The van der Waals surface area contributed by atoms with Crippen molar-refractivity contribution in [2.24, 2.45) is 0 Å². The van der Waals surface area contributed by atoms with Crippen molar-refractivity contribution in [2.45, 2.75) is 31.7 Å². The molecule has 5 rings (SSSR count). The summed E-state index contributed by atoms with van der Waals surface area (Å²) in [6, 6.07) is 11.7. The van der Waals surface area contributed by atoms with Gasteiger partial charge in [-0.3, -0.25) is 9.89 Å². The second-order valence-electron chi connectivity index (χ2n) is 6.71. The summed E-state index contributed by atoms with van der Waals surface area (Å²) < 4.78 is 5.90. The molecule has 1 fully saturated rings. The summed E-state index contributed by atoms with van der Waals surface area (Å²) in [5, 5.41) is 7.20. The summed E-state index contributed by atoms with van der Waals surface area (Å²) in [6.45, 7) is 1.09. The second-order valence-corrected chi connectivity index (χ2v) is 6.71. The highest BCUT2D eigenvalue weighted by atomic mass is 16.4. The molecule has 6 nitrogen and oxygen atoms in total. The number of carbonyl (C=O) groups excluding carboxylic acids is 1. The highest BCUT2D eigenvalue weighted by Crippen LogP contribution is 2.39. The van der Waals surface area contributed by atoms with Crippen LogP contribution in [0, 0.1) is 0 Å². The molecule has 0 bridgehead atoms. The smallest absolute Gasteiger partial charge is 0.274 e. The Balaban J connectivity index is 1.36. The maximum absolute atomic E-state index is 12.7. The van der Waals surface area contributed by atoms with Gasteiger partial charge in [-0.2, -0.15) is 5.10 Å². The van der Waals surface area contributed by atoms with Gasteiger partial charge in [0.15, 0.2) is 0 Å². The Bertz CT molecular complexity index is 924. The standard InChI is InChI=1S/C19H18N4O2/c24-19(15-10-14(21-22-15)12-6-7-12)23-9-8-17-16(11-23)20-18(25-17)13-4-2-1-3-5-13/h1-5,10,12H,6-9,11H2,(H,21,22). The summed E-state index contributed by atoms with van der Waals surface area (Å²) in [7, 11) is 0. The molecule has 0 unspecified atom stereocenters. The van der Waals surface area contributed by atoms with Crippen LogP contribution in [0.2, 0.25) is 0 Å². The van der Waals surface area contributed by atoms with Crippen molar-refractivity contribution in [1.29, 1.82) is 0 Å². The first-order valence-corrected chi connectivity index (χ1v) is 8.66. The minimum Gasteiger partial charge on any atom is -0.441 e. The largest absolute Gasteiger partial charge is 0.441 e. The number of oxazole rings is 1. The molecule has 6 heteroatoms. The monoisotopic (exact) mass is 334 g/mol. The summed E-state index contributed by atoms with van der Waals surface area (Å²) in [6.07, 6.45) is 3.05. The van der Waals surface area contributed by atoms with Crippen LogP contribution in [-0.4, -0.2) is 32.5 Å². The number of H-pyrrole nitrogens is 1. The highest BCUT2D eigenvalue weighted by molar-refractivity contribution is 5.92. The number of nitrogens with zero attached hydrogens (tertiary/aromatic N) is 3. The van der Waals surface area contributed by atoms with Gasteiger partial charge in [0.25, 0.3) is 5.91 Å². The van der Waals surface area contributed by atoms with Crippen LogP contribution in [0.4, 0.5) is 0 Å². The van der Waals surface area contributed by atoms with Crippen molar-refractivity contribution < 1.29 is 9.21 Å². The molecular formula is C19H18N4O2. The fraction of sp³-hybridized carbons (Fsp3) is 0.316. The number of amides is 1. The van der Waals surface area contributed by atoms with E-state index in [9.17, 15) is 4.79 Å². The molecule has 126 valence electrons. The van der Waals surface area contributed by atoms with Gasteiger partial charge in [-0.05, 0) is 31.0 Å². The normalized spacial score (nSPS) is 16.7. The van der Waals surface area contributed by atoms with Crippen molar-refractivity contribution in [3.05, 3.63) is 59.2 Å². The SMILES string of the molecule is O=C(c1cc(C2CC2)[nH]n1)N1CCc2oc(-c3ccccc3)nc2C1. The van der Waals surface area contributed by atoms with E-state index in [0.29, 0.717) is 37.0 Å². The van der Waals surface area contributed by atoms with E-state index in [1.165, 1.54) is 12.8 Å². The number of carbonyl (C=O) groups is 1. The van der Waals surface area contributed by atoms with Crippen molar-refractivity contribution in [3.63, 3.8) is 0 Å². The zero-order chi connectivity index (χ0) is 16.8. The van der Waals surface area contributed by atoms with E-state index in [1.807, 2.05) is 36.4 Å². The number of fused-ring (bicyclic) bond motifs is 1. The molecule has 1 amide bonds. The molecule has 0 saturated heterocycles. The van der Waals surface area contributed by atoms with E-state index in [1.54, 1.807) is 4.90 Å². The third-order valence-electron chi connectivity index (χ3n) is 4.87. The molecule has 3 heterocycles. The van der Waals surface area contributed by atoms with Gasteiger partial charge in [0.05, 0.1) is 6.54 Å². The Labute approximate surface area is 144 Å². The zero-order valence-corrected chi connectivity index (χ0v) is 13.7. The Kier molecular flexibility index (Phi) is 3.23. The Morgan fingerprint density at radius 2 is 2.08 bits per heavy atom. The van der Waals surface area contributed by atoms with Gasteiger partial charge >= 0.3 is 0 Å². The van der Waals surface area contributed by atoms with Crippen molar-refractivity contribution >= 4 is 5.91 Å². The van der Waals surface area contributed by atoms with Crippen LogP contribution in [0.1, 0.15) is 46.4 Å². The van der Waals surface area contributed by atoms with E-state index in [0.717, 1.165) is 22.7 Å². The number of aromatic nitrogens is 3. The molecule has 2 aliphatic rings. The van der Waals surface area contributed by atoms with E-state index in [-0.39, 0.29) is 5.91 Å². The third-order valence-corrected chi connectivity index (χ3v) is 4.87. The topological polar surface area (TPSA) is 75.0 Å². The van der Waals surface area contributed by atoms with Crippen LogP contribution in [0.3, 0.4) is 0 Å². The average molecular weight is 334 g/mol. The zero-order valence-electron chi connectivity index (χ0n) is 13.7. The van der Waals surface area contributed by atoms with Crippen molar-refractivity contribution in [2.75, 3.05) is 6.54 Å². The van der Waals surface area contributed by atoms with Crippen LogP contribution in [0.25, 0.3) is 11.5 Å². The molecule has 1 aliphatic heterocycles. The number of nitrogens with one attached hydrogen (secondary N) is 1. The van der Waals surface area contributed by atoms with Crippen LogP contribution < -0.4 is 0 Å². The Morgan fingerprint density at radius 1 is 1.24 bits per heavy atom. The molecular weight excluding hydrogens is 316 g/mol. The van der Waals surface area contributed by atoms with Gasteiger partial charge in [0.1, 0.15) is 17.1 Å². The number of aromatic amines is 1. The predicted octanol–water partition coefficient (Wildman–Crippen LogP) is 3.14. The minimum atomic E-state index is -0.0435. The molecule has 1 N–H and O–H groups in total. The number of hydrogen-bond acceptors (Lipinski definition) is 4. The fourth-order valence-electron chi connectivity index (χ4n) is 3.29. The Hall–Kier alpha value is -2.89. The highest BCUT2D eigenvalue weighted by Gasteiger charge is 2.30. The molecule has 0 radical (unpaired) electrons. The summed E-state index contributed by atoms with van der Waals surface area (Å²) in [5.74, 6) is 2.02. The van der Waals surface area contributed by atoms with E-state index in [4.69, 9.17) is 4.42 Å². The molecule has 2 aromatic heterocycles. The molecule has 1 aliphatic carbocycles. The van der Waals surface area contributed by atoms with Gasteiger partial charge in [-0.15, -0.1) is 0 Å². The predicted molar refractivity (Wildman–Crippen MR) is 90.9 cm³/mol. The molecule has 0 atom stereocenters. The Morgan fingerprint density at radius 3 is 2.88 bits per heavy atom. The van der Waals surface area contributed by atoms with Gasteiger partial charge in [0.2, 0.25) is 5.89 Å². The fourth-order valence-corrected chi connectivity index (χ4v) is 3.29. The lowest BCUT2D eigenvalue weighted by Crippen LogP contribution is -2.36. The molecule has 1 saturated carbocycles. The summed E-state index contributed by atoms with van der Waals surface area (Å²) in [5.41, 5.74) is 3.37. The molecule has 1 aromatic carbocycles. The van der Waals surface area contributed by atoms with E-state index in [2.05, 4.69) is 15.2 Å². The van der Waals surface area contributed by atoms with Crippen LogP contribution in [0.15, 0.2) is 40.8 Å². The minimum absolute atomic E-state index is 0.0435. The number of hydrogen-bond donors (Lipinski definition) is 1. The molecule has 3 aromatic rings. The van der Waals surface area contributed by atoms with E-state index < -0.39 is 0 Å². The van der Waals surface area contributed by atoms with Crippen LogP contribution >= 0.6 is 0 Å². The van der Waals surface area contributed by atoms with Crippen LogP contribution in [0.5, 0.6) is 0 Å². The summed E-state index contributed by atoms with van der Waals surface area (Å²) in [4.78, 5) is 19.1. The van der Waals surface area contributed by atoms with Crippen LogP contribution in [-0.2, 0) is 13.0 Å². The lowest BCUT2D eigenvalue weighted by Gasteiger charge is -2.24. The first-order valence-electron chi connectivity index (χ1n) is 8.66. The first-order chi connectivity index (χ1) is 12.3. The van der Waals surface area contributed by atoms with Gasteiger partial charge < -0.3 is 9.32 Å². The first kappa shape index (κ1) is 14.5. The lowest BCUT2D eigenvalue weighted by molar-refractivity contribution is 0.0722. The maximum Gasteiger partial charge on any atom is 0.274 e. The van der Waals surface area contributed by atoms with Crippen molar-refractivity contribution in [3.8, 4) is 11.5 Å². The quantitative estimate of drug-likeness (QED) is 0.798. The number of benzene rings is 1. The summed E-state index contributed by atoms with van der Waals surface area (Å²) >= 11 is 0. The lowest BCUT2D eigenvalue weighted by atomic mass is 10.1.